The highest BCUT2D eigenvalue weighted by atomic mass is 32.1. The number of hydrogen-bond acceptors (Lipinski definition) is 2. The number of rotatable bonds is 6. The molecule has 0 aliphatic heterocycles. The zero-order chi connectivity index (χ0) is 31.9. The van der Waals surface area contributed by atoms with E-state index in [1.165, 1.54) is 96.9 Å². The van der Waals surface area contributed by atoms with Crippen LogP contribution >= 0.6 is 11.3 Å². The summed E-state index contributed by atoms with van der Waals surface area (Å²) in [7, 11) is 0. The van der Waals surface area contributed by atoms with Gasteiger partial charge in [-0.25, -0.2) is 0 Å². The fraction of sp³-hybridized carbons (Fsp3) is 0.174. The normalized spacial score (nSPS) is 15.0. The van der Waals surface area contributed by atoms with Gasteiger partial charge in [-0.2, -0.15) is 0 Å². The van der Waals surface area contributed by atoms with E-state index in [9.17, 15) is 0 Å². The first-order valence-corrected chi connectivity index (χ1v) is 18.4. The van der Waals surface area contributed by atoms with Gasteiger partial charge >= 0.3 is 0 Å². The summed E-state index contributed by atoms with van der Waals surface area (Å²) in [6.45, 7) is 0. The van der Waals surface area contributed by atoms with Crippen LogP contribution in [0.4, 0.5) is 17.1 Å². The lowest BCUT2D eigenvalue weighted by Gasteiger charge is -2.29. The zero-order valence-corrected chi connectivity index (χ0v) is 28.1. The van der Waals surface area contributed by atoms with Crippen LogP contribution in [-0.4, -0.2) is 0 Å². The summed E-state index contributed by atoms with van der Waals surface area (Å²) in [4.78, 5) is 3.96. The van der Waals surface area contributed by atoms with E-state index in [0.29, 0.717) is 5.92 Å². The molecule has 7 aromatic rings. The number of benzene rings is 6. The molecule has 234 valence electrons. The Balaban J connectivity index is 1.17. The van der Waals surface area contributed by atoms with Gasteiger partial charge in [0.25, 0.3) is 0 Å². The van der Waals surface area contributed by atoms with Crippen molar-refractivity contribution in [3.8, 4) is 11.1 Å². The third kappa shape index (κ3) is 5.16. The second kappa shape index (κ2) is 12.6. The van der Waals surface area contributed by atoms with Gasteiger partial charge in [-0.15, -0.1) is 11.3 Å². The van der Waals surface area contributed by atoms with Crippen LogP contribution in [0.1, 0.15) is 66.0 Å². The molecule has 0 saturated heterocycles. The molecule has 1 heterocycles. The second-order valence-electron chi connectivity index (χ2n) is 13.4. The van der Waals surface area contributed by atoms with Gasteiger partial charge in [0.2, 0.25) is 0 Å². The van der Waals surface area contributed by atoms with E-state index in [4.69, 9.17) is 0 Å². The molecule has 6 aromatic carbocycles. The Morgan fingerprint density at radius 2 is 1.29 bits per heavy atom. The first-order valence-electron chi connectivity index (χ1n) is 17.6. The molecule has 0 unspecified atom stereocenters. The maximum absolute atomic E-state index is 2.45. The second-order valence-corrected chi connectivity index (χ2v) is 14.5. The van der Waals surface area contributed by atoms with Crippen molar-refractivity contribution in [1.82, 2.24) is 0 Å². The molecule has 2 aliphatic carbocycles. The Morgan fingerprint density at radius 1 is 0.583 bits per heavy atom. The van der Waals surface area contributed by atoms with Crippen molar-refractivity contribution in [1.29, 1.82) is 0 Å². The van der Waals surface area contributed by atoms with E-state index in [1.54, 1.807) is 0 Å². The van der Waals surface area contributed by atoms with Crippen LogP contribution in [0.3, 0.4) is 0 Å². The van der Waals surface area contributed by atoms with Crippen LogP contribution in [0.25, 0.3) is 37.6 Å². The number of anilines is 3. The average Bonchev–Trinajstić information content (AvgIpc) is 3.55. The molecule has 1 fully saturated rings. The fourth-order valence-corrected chi connectivity index (χ4v) is 9.55. The molecule has 1 nitrogen and oxygen atoms in total. The van der Waals surface area contributed by atoms with Crippen LogP contribution in [0.15, 0.2) is 146 Å². The largest absolute Gasteiger partial charge is 0.310 e. The van der Waals surface area contributed by atoms with Crippen molar-refractivity contribution in [2.45, 2.75) is 50.9 Å². The zero-order valence-electron chi connectivity index (χ0n) is 27.2. The Labute approximate surface area is 287 Å². The van der Waals surface area contributed by atoms with Crippen molar-refractivity contribution in [2.24, 2.45) is 0 Å². The summed E-state index contributed by atoms with van der Waals surface area (Å²) in [6.07, 6.45) is 11.3. The van der Waals surface area contributed by atoms with E-state index in [0.717, 1.165) is 24.2 Å². The van der Waals surface area contributed by atoms with Gasteiger partial charge in [0, 0.05) is 37.5 Å². The highest BCUT2D eigenvalue weighted by Gasteiger charge is 2.24. The molecule has 0 amide bonds. The molecule has 9 rings (SSSR count). The lowest BCUT2D eigenvalue weighted by molar-refractivity contribution is 0.445. The Bertz CT molecular complexity index is 2260. The van der Waals surface area contributed by atoms with Crippen molar-refractivity contribution in [3.05, 3.63) is 167 Å². The van der Waals surface area contributed by atoms with Crippen molar-refractivity contribution in [3.63, 3.8) is 0 Å². The standard InChI is InChI=1S/C46H39NS/c1-3-14-32(15-4-1)37-22-11-16-34-17-12-24-40(45(34)37)39-20-7-9-25-42(39)47(35-18-5-2-6-19-35)36-30-28-33(29-31-36)38-23-13-27-44-46(38)41-21-8-10-26-43(41)48-44/h2,5-12,16-26,28-32H,1,3-4,13-15,27H2. The van der Waals surface area contributed by atoms with Gasteiger partial charge in [0.1, 0.15) is 0 Å². The van der Waals surface area contributed by atoms with Gasteiger partial charge in [-0.05, 0) is 101 Å². The van der Waals surface area contributed by atoms with Crippen molar-refractivity contribution >= 4 is 54.8 Å². The molecule has 2 aliphatic rings. The maximum Gasteiger partial charge on any atom is 0.0540 e. The monoisotopic (exact) mass is 637 g/mol. The van der Waals surface area contributed by atoms with Crippen LogP contribution in [0.5, 0.6) is 0 Å². The molecule has 1 aromatic heterocycles. The molecule has 0 radical (unpaired) electrons. The van der Waals surface area contributed by atoms with Gasteiger partial charge in [0.05, 0.1) is 5.69 Å². The minimum Gasteiger partial charge on any atom is -0.310 e. The fourth-order valence-electron chi connectivity index (χ4n) is 8.32. The molecule has 0 N–H and O–H groups in total. The summed E-state index contributed by atoms with van der Waals surface area (Å²) in [5.74, 6) is 0.628. The van der Waals surface area contributed by atoms with Gasteiger partial charge in [-0.1, -0.05) is 128 Å². The molecular weight excluding hydrogens is 599 g/mol. The van der Waals surface area contributed by atoms with E-state index in [-0.39, 0.29) is 0 Å². The summed E-state index contributed by atoms with van der Waals surface area (Å²) >= 11 is 1.96. The maximum atomic E-state index is 2.45. The highest BCUT2D eigenvalue weighted by Crippen LogP contribution is 2.47. The minimum absolute atomic E-state index is 0.628. The minimum atomic E-state index is 0.628. The average molecular weight is 638 g/mol. The number of para-hydroxylation sites is 2. The van der Waals surface area contributed by atoms with Crippen LogP contribution in [0, 0.1) is 0 Å². The van der Waals surface area contributed by atoms with E-state index in [2.05, 4.69) is 151 Å². The Hall–Kier alpha value is -4.92. The summed E-state index contributed by atoms with van der Waals surface area (Å²) in [6, 6.07) is 51.9. The molecule has 48 heavy (non-hydrogen) atoms. The summed E-state index contributed by atoms with van der Waals surface area (Å²) in [5.41, 5.74) is 11.7. The lowest BCUT2D eigenvalue weighted by Crippen LogP contribution is -2.11. The van der Waals surface area contributed by atoms with E-state index < -0.39 is 0 Å². The van der Waals surface area contributed by atoms with Crippen LogP contribution in [0.2, 0.25) is 0 Å². The first kappa shape index (κ1) is 29.2. The number of fused-ring (bicyclic) bond motifs is 4. The molecule has 0 bridgehead atoms. The number of hydrogen-bond donors (Lipinski definition) is 0. The number of aryl methyl sites for hydroxylation is 1. The summed E-state index contributed by atoms with van der Waals surface area (Å²) in [5, 5.41) is 4.14. The van der Waals surface area contributed by atoms with Crippen molar-refractivity contribution < 1.29 is 0 Å². The molecule has 0 spiro atoms. The van der Waals surface area contributed by atoms with Gasteiger partial charge in [-0.3, -0.25) is 0 Å². The topological polar surface area (TPSA) is 3.24 Å². The van der Waals surface area contributed by atoms with Crippen LogP contribution < -0.4 is 4.90 Å². The number of allylic oxidation sites excluding steroid dienone is 1. The Kier molecular flexibility index (Phi) is 7.67. The first-order chi connectivity index (χ1) is 23.8. The quantitative estimate of drug-likeness (QED) is 0.175. The highest BCUT2D eigenvalue weighted by molar-refractivity contribution is 7.19. The molecule has 1 saturated carbocycles. The Morgan fingerprint density at radius 3 is 2.15 bits per heavy atom. The summed E-state index contributed by atoms with van der Waals surface area (Å²) < 4.78 is 1.39. The smallest absolute Gasteiger partial charge is 0.0540 e. The van der Waals surface area contributed by atoms with Crippen LogP contribution in [-0.2, 0) is 6.42 Å². The lowest BCUT2D eigenvalue weighted by atomic mass is 9.80. The predicted octanol–water partition coefficient (Wildman–Crippen LogP) is 13.6. The van der Waals surface area contributed by atoms with E-state index in [1.807, 2.05) is 11.3 Å². The van der Waals surface area contributed by atoms with Gasteiger partial charge in [0.15, 0.2) is 0 Å². The molecular formula is C46H39NS. The van der Waals surface area contributed by atoms with E-state index >= 15 is 0 Å². The third-order valence-electron chi connectivity index (χ3n) is 10.5. The third-order valence-corrected chi connectivity index (χ3v) is 11.8. The SMILES string of the molecule is C1=C(c2ccc(N(c3ccccc3)c3ccccc3-c3cccc4cccc(C5CCCCC5)c34)cc2)c2c(sc3ccccc23)CC1. The molecule has 0 atom stereocenters. The predicted molar refractivity (Wildman–Crippen MR) is 207 cm³/mol. The van der Waals surface area contributed by atoms with Gasteiger partial charge < -0.3 is 4.90 Å². The molecule has 2 heteroatoms. The van der Waals surface area contributed by atoms with Crippen molar-refractivity contribution in [2.75, 3.05) is 4.90 Å². The number of thiophene rings is 1. The number of nitrogens with zero attached hydrogens (tertiary/aromatic N) is 1.